The predicted octanol–water partition coefficient (Wildman–Crippen LogP) is 3.95. The molecule has 0 aliphatic carbocycles. The Morgan fingerprint density at radius 1 is 1.15 bits per heavy atom. The molecule has 0 bridgehead atoms. The van der Waals surface area contributed by atoms with Gasteiger partial charge in [-0.2, -0.15) is 4.31 Å². The van der Waals surface area contributed by atoms with Crippen LogP contribution in [0.3, 0.4) is 0 Å². The summed E-state index contributed by atoms with van der Waals surface area (Å²) >= 11 is 0. The molecule has 9 nitrogen and oxygen atoms in total. The zero-order valence-electron chi connectivity index (χ0n) is 18.5. The van der Waals surface area contributed by atoms with E-state index in [9.17, 15) is 13.2 Å². The highest BCUT2D eigenvalue weighted by molar-refractivity contribution is 7.89. The maximum atomic E-state index is 13.1. The number of nitrogens with one attached hydrogen (secondary N) is 1. The number of rotatable bonds is 7. The second-order valence-corrected chi connectivity index (χ2v) is 9.66. The number of carbonyl (C=O) groups is 1. The number of aromatic nitrogens is 2. The molecule has 10 heteroatoms. The molecular formula is C23H26N4O5S. The van der Waals surface area contributed by atoms with Crippen molar-refractivity contribution < 1.29 is 22.4 Å². The van der Waals surface area contributed by atoms with Crippen LogP contribution in [0, 0.1) is 0 Å². The summed E-state index contributed by atoms with van der Waals surface area (Å²) in [6.07, 6.45) is 3.55. The number of sulfonamides is 1. The van der Waals surface area contributed by atoms with E-state index in [1.165, 1.54) is 31.4 Å². The van der Waals surface area contributed by atoms with Crippen molar-refractivity contribution in [3.63, 3.8) is 0 Å². The van der Waals surface area contributed by atoms with Crippen LogP contribution in [0.5, 0.6) is 5.75 Å². The van der Waals surface area contributed by atoms with Crippen molar-refractivity contribution in [3.05, 3.63) is 54.1 Å². The number of amides is 1. The lowest BCUT2D eigenvalue weighted by atomic mass is 10.0. The van der Waals surface area contributed by atoms with E-state index in [0.29, 0.717) is 17.9 Å². The Hall–Kier alpha value is -3.24. The number of methoxy groups -OCH3 is 1. The zero-order valence-corrected chi connectivity index (χ0v) is 19.3. The summed E-state index contributed by atoms with van der Waals surface area (Å²) in [6.45, 7) is 2.53. The molecule has 1 aliphatic heterocycles. The van der Waals surface area contributed by atoms with Gasteiger partial charge in [0.05, 0.1) is 17.6 Å². The van der Waals surface area contributed by atoms with Crippen LogP contribution in [-0.4, -0.2) is 48.5 Å². The van der Waals surface area contributed by atoms with Crippen LogP contribution < -0.4 is 10.1 Å². The van der Waals surface area contributed by atoms with Crippen LogP contribution in [0.4, 0.5) is 6.01 Å². The fourth-order valence-corrected chi connectivity index (χ4v) is 5.75. The van der Waals surface area contributed by atoms with Gasteiger partial charge >= 0.3 is 6.01 Å². The molecule has 2 heterocycles. The molecule has 2 aromatic carbocycles. The second kappa shape index (κ2) is 9.72. The first-order valence-corrected chi connectivity index (χ1v) is 12.3. The van der Waals surface area contributed by atoms with Crippen molar-refractivity contribution in [2.45, 2.75) is 43.5 Å². The van der Waals surface area contributed by atoms with E-state index in [0.717, 1.165) is 25.7 Å². The molecule has 1 fully saturated rings. The topological polar surface area (TPSA) is 115 Å². The van der Waals surface area contributed by atoms with E-state index < -0.39 is 15.9 Å². The molecule has 1 atom stereocenters. The van der Waals surface area contributed by atoms with Crippen LogP contribution in [0.15, 0.2) is 57.8 Å². The Kier molecular flexibility index (Phi) is 6.75. The van der Waals surface area contributed by atoms with Gasteiger partial charge in [0.25, 0.3) is 11.8 Å². The van der Waals surface area contributed by atoms with E-state index in [-0.39, 0.29) is 28.4 Å². The zero-order chi connectivity index (χ0) is 23.4. The molecule has 1 N–H and O–H groups in total. The maximum Gasteiger partial charge on any atom is 0.322 e. The van der Waals surface area contributed by atoms with E-state index in [4.69, 9.17) is 9.15 Å². The smallest absolute Gasteiger partial charge is 0.322 e. The van der Waals surface area contributed by atoms with Gasteiger partial charge in [-0.1, -0.05) is 30.6 Å². The third kappa shape index (κ3) is 4.76. The van der Waals surface area contributed by atoms with Gasteiger partial charge in [0.2, 0.25) is 10.0 Å². The van der Waals surface area contributed by atoms with Crippen molar-refractivity contribution in [1.29, 1.82) is 0 Å². The maximum absolute atomic E-state index is 13.1. The van der Waals surface area contributed by atoms with Gasteiger partial charge < -0.3 is 9.15 Å². The molecule has 1 amide bonds. The third-order valence-corrected chi connectivity index (χ3v) is 7.72. The van der Waals surface area contributed by atoms with E-state index in [1.807, 2.05) is 19.1 Å². The Morgan fingerprint density at radius 2 is 1.91 bits per heavy atom. The molecule has 0 saturated carbocycles. The average Bonchev–Trinajstić information content (AvgIpc) is 3.32. The van der Waals surface area contributed by atoms with Crippen LogP contribution >= 0.6 is 0 Å². The highest BCUT2D eigenvalue weighted by Crippen LogP contribution is 2.30. The first-order valence-electron chi connectivity index (χ1n) is 10.8. The van der Waals surface area contributed by atoms with Gasteiger partial charge in [0.15, 0.2) is 0 Å². The highest BCUT2D eigenvalue weighted by Gasteiger charge is 2.32. The summed E-state index contributed by atoms with van der Waals surface area (Å²) in [5.74, 6) is 0.282. The lowest BCUT2D eigenvalue weighted by molar-refractivity contribution is 0.102. The molecule has 174 valence electrons. The van der Waals surface area contributed by atoms with E-state index >= 15 is 0 Å². The summed E-state index contributed by atoms with van der Waals surface area (Å²) < 4.78 is 38.6. The summed E-state index contributed by atoms with van der Waals surface area (Å²) in [7, 11) is -2.07. The van der Waals surface area contributed by atoms with Gasteiger partial charge in [-0.3, -0.25) is 10.1 Å². The summed E-state index contributed by atoms with van der Waals surface area (Å²) in [4.78, 5) is 12.8. The SMILES string of the molecule is CC[C@H]1CCCCN1S(=O)(=O)c1ccc(C(=O)Nc2nnc(-c3ccccc3OC)o2)cc1. The number of piperidine rings is 1. The number of benzene rings is 2. The number of anilines is 1. The predicted molar refractivity (Wildman–Crippen MR) is 123 cm³/mol. The van der Waals surface area contributed by atoms with Gasteiger partial charge in [0, 0.05) is 18.2 Å². The molecule has 4 rings (SSSR count). The Balaban J connectivity index is 1.48. The quantitative estimate of drug-likeness (QED) is 0.556. The third-order valence-electron chi connectivity index (χ3n) is 5.75. The van der Waals surface area contributed by atoms with Crippen molar-refractivity contribution in [2.75, 3.05) is 19.0 Å². The molecule has 0 radical (unpaired) electrons. The number of ether oxygens (including phenoxy) is 1. The fourth-order valence-electron chi connectivity index (χ4n) is 3.99. The van der Waals surface area contributed by atoms with Crippen LogP contribution in [-0.2, 0) is 10.0 Å². The number of nitrogens with zero attached hydrogens (tertiary/aromatic N) is 3. The Labute approximate surface area is 192 Å². The van der Waals surface area contributed by atoms with Gasteiger partial charge in [-0.25, -0.2) is 8.42 Å². The number of carbonyl (C=O) groups excluding carboxylic acids is 1. The summed E-state index contributed by atoms with van der Waals surface area (Å²) in [5, 5.41) is 10.4. The van der Waals surface area contributed by atoms with Crippen molar-refractivity contribution >= 4 is 21.9 Å². The number of hydrogen-bond donors (Lipinski definition) is 1. The lowest BCUT2D eigenvalue weighted by Gasteiger charge is -2.34. The lowest BCUT2D eigenvalue weighted by Crippen LogP contribution is -2.43. The molecular weight excluding hydrogens is 444 g/mol. The standard InChI is InChI=1S/C23H26N4O5S/c1-3-17-8-6-7-15-27(17)33(29,30)18-13-11-16(12-14-18)21(28)24-23-26-25-22(32-23)19-9-4-5-10-20(19)31-2/h4-5,9-14,17H,3,6-8,15H2,1-2H3,(H,24,26,28)/t17-/m0/s1. The number of hydrogen-bond acceptors (Lipinski definition) is 7. The largest absolute Gasteiger partial charge is 0.496 e. The van der Waals surface area contributed by atoms with Crippen LogP contribution in [0.25, 0.3) is 11.5 Å². The highest BCUT2D eigenvalue weighted by atomic mass is 32.2. The molecule has 33 heavy (non-hydrogen) atoms. The van der Waals surface area contributed by atoms with Gasteiger partial charge in [-0.15, -0.1) is 5.10 Å². The molecule has 0 spiro atoms. The Morgan fingerprint density at radius 3 is 2.64 bits per heavy atom. The summed E-state index contributed by atoms with van der Waals surface area (Å²) in [6, 6.07) is 13.0. The van der Waals surface area contributed by atoms with Crippen molar-refractivity contribution in [1.82, 2.24) is 14.5 Å². The molecule has 3 aromatic rings. The first kappa shape index (κ1) is 22.9. The first-order chi connectivity index (χ1) is 15.9. The van der Waals surface area contributed by atoms with E-state index in [2.05, 4.69) is 15.5 Å². The minimum Gasteiger partial charge on any atom is -0.496 e. The van der Waals surface area contributed by atoms with Gasteiger partial charge in [-0.05, 0) is 55.7 Å². The minimum atomic E-state index is -3.61. The summed E-state index contributed by atoms with van der Waals surface area (Å²) in [5.41, 5.74) is 0.877. The molecule has 0 unspecified atom stereocenters. The molecule has 1 aliphatic rings. The van der Waals surface area contributed by atoms with Gasteiger partial charge in [0.1, 0.15) is 5.75 Å². The second-order valence-electron chi connectivity index (χ2n) is 7.76. The average molecular weight is 471 g/mol. The Bertz CT molecular complexity index is 1220. The molecule has 1 saturated heterocycles. The van der Waals surface area contributed by atoms with Crippen LogP contribution in [0.2, 0.25) is 0 Å². The van der Waals surface area contributed by atoms with Crippen molar-refractivity contribution in [3.8, 4) is 17.2 Å². The van der Waals surface area contributed by atoms with Crippen LogP contribution in [0.1, 0.15) is 43.0 Å². The normalized spacial score (nSPS) is 17.0. The minimum absolute atomic E-state index is 0.0155. The molecule has 1 aromatic heterocycles. The fraction of sp³-hybridized carbons (Fsp3) is 0.348. The van der Waals surface area contributed by atoms with E-state index in [1.54, 1.807) is 16.4 Å². The van der Waals surface area contributed by atoms with Crippen molar-refractivity contribution in [2.24, 2.45) is 0 Å². The number of para-hydroxylation sites is 1. The monoisotopic (exact) mass is 470 g/mol.